The molecular formula is C12H16ClN3O. The molecule has 1 N–H and O–H groups in total. The minimum Gasteiger partial charge on any atom is -0.355 e. The van der Waals surface area contributed by atoms with Crippen molar-refractivity contribution < 1.29 is 4.79 Å². The van der Waals surface area contributed by atoms with E-state index in [1.807, 2.05) is 6.92 Å². The third-order valence-electron chi connectivity index (χ3n) is 2.16. The van der Waals surface area contributed by atoms with Crippen LogP contribution in [0.2, 0.25) is 5.02 Å². The number of carbonyl (C=O) groups excluding carboxylic acids is 1. The summed E-state index contributed by atoms with van der Waals surface area (Å²) in [5.41, 5.74) is 0.788. The quantitative estimate of drug-likeness (QED) is 0.625. The van der Waals surface area contributed by atoms with Crippen LogP contribution in [-0.4, -0.2) is 25.7 Å². The second-order valence-corrected chi connectivity index (χ2v) is 3.96. The highest BCUT2D eigenvalue weighted by Gasteiger charge is 2.09. The lowest BCUT2D eigenvalue weighted by Gasteiger charge is -2.17. The molecule has 0 aliphatic rings. The van der Waals surface area contributed by atoms with E-state index >= 15 is 0 Å². The van der Waals surface area contributed by atoms with Gasteiger partial charge in [-0.15, -0.1) is 0 Å². The van der Waals surface area contributed by atoms with Gasteiger partial charge in [-0.25, -0.2) is 0 Å². The van der Waals surface area contributed by atoms with Crippen LogP contribution >= 0.6 is 11.6 Å². The normalized spacial score (nSPS) is 9.76. The number of benzene rings is 1. The van der Waals surface area contributed by atoms with E-state index in [0.717, 1.165) is 12.1 Å². The zero-order valence-corrected chi connectivity index (χ0v) is 10.6. The Bertz CT molecular complexity index is 378. The van der Waals surface area contributed by atoms with Gasteiger partial charge in [0.15, 0.2) is 0 Å². The zero-order valence-electron chi connectivity index (χ0n) is 9.82. The van der Waals surface area contributed by atoms with Crippen LogP contribution in [0.1, 0.15) is 13.3 Å². The molecule has 1 rings (SSSR count). The molecule has 0 aliphatic heterocycles. The van der Waals surface area contributed by atoms with Crippen LogP contribution in [0, 0.1) is 0 Å². The van der Waals surface area contributed by atoms with Crippen LogP contribution in [0.4, 0.5) is 5.69 Å². The molecule has 0 aliphatic carbocycles. The van der Waals surface area contributed by atoms with Gasteiger partial charge in [0.2, 0.25) is 5.91 Å². The molecule has 0 spiro atoms. The fourth-order valence-corrected chi connectivity index (χ4v) is 1.42. The lowest BCUT2D eigenvalue weighted by molar-refractivity contribution is -0.119. The van der Waals surface area contributed by atoms with Crippen LogP contribution < -0.4 is 10.3 Å². The van der Waals surface area contributed by atoms with E-state index < -0.39 is 0 Å². The van der Waals surface area contributed by atoms with Gasteiger partial charge in [0.25, 0.3) is 0 Å². The number of hydrogen-bond donors (Lipinski definition) is 1. The Morgan fingerprint density at radius 3 is 2.65 bits per heavy atom. The van der Waals surface area contributed by atoms with Crippen molar-refractivity contribution in [3.05, 3.63) is 29.3 Å². The Hall–Kier alpha value is -1.55. The first-order valence-corrected chi connectivity index (χ1v) is 5.81. The summed E-state index contributed by atoms with van der Waals surface area (Å²) >= 11 is 5.79. The first kappa shape index (κ1) is 13.5. The molecule has 0 unspecified atom stereocenters. The highest BCUT2D eigenvalue weighted by atomic mass is 35.5. The van der Waals surface area contributed by atoms with Crippen LogP contribution in [0.15, 0.2) is 29.4 Å². The molecule has 0 atom stereocenters. The Labute approximate surface area is 106 Å². The molecule has 0 heterocycles. The fraction of sp³-hybridized carbons (Fsp3) is 0.333. The molecule has 0 bridgehead atoms. The number of hydrogen-bond acceptors (Lipinski definition) is 3. The zero-order chi connectivity index (χ0) is 12.7. The predicted molar refractivity (Wildman–Crippen MR) is 71.6 cm³/mol. The fourth-order valence-electron chi connectivity index (χ4n) is 1.29. The average Bonchev–Trinajstić information content (AvgIpc) is 2.34. The summed E-state index contributed by atoms with van der Waals surface area (Å²) in [6.07, 6.45) is 0.911. The molecule has 92 valence electrons. The van der Waals surface area contributed by atoms with Crippen molar-refractivity contribution in [1.82, 2.24) is 5.32 Å². The number of halogens is 1. The van der Waals surface area contributed by atoms with Crippen molar-refractivity contribution in [3.63, 3.8) is 0 Å². The number of rotatable bonds is 6. The average molecular weight is 254 g/mol. The lowest BCUT2D eigenvalue weighted by Crippen LogP contribution is -2.34. The van der Waals surface area contributed by atoms with Crippen molar-refractivity contribution in [1.29, 1.82) is 0 Å². The van der Waals surface area contributed by atoms with E-state index in [1.54, 1.807) is 24.3 Å². The number of anilines is 1. The number of carbonyl (C=O) groups is 1. The summed E-state index contributed by atoms with van der Waals surface area (Å²) in [6, 6.07) is 7.09. The number of amides is 1. The molecule has 1 amide bonds. The summed E-state index contributed by atoms with van der Waals surface area (Å²) in [7, 11) is 0. The molecule has 1 aromatic rings. The van der Waals surface area contributed by atoms with E-state index in [4.69, 9.17) is 11.6 Å². The monoisotopic (exact) mass is 253 g/mol. The highest BCUT2D eigenvalue weighted by molar-refractivity contribution is 6.30. The molecule has 0 saturated carbocycles. The van der Waals surface area contributed by atoms with Crippen molar-refractivity contribution in [2.45, 2.75) is 13.3 Å². The maximum absolute atomic E-state index is 11.5. The predicted octanol–water partition coefficient (Wildman–Crippen LogP) is 2.29. The van der Waals surface area contributed by atoms with Gasteiger partial charge in [-0.2, -0.15) is 5.10 Å². The summed E-state index contributed by atoms with van der Waals surface area (Å²) in [5, 5.41) is 8.77. The van der Waals surface area contributed by atoms with Crippen molar-refractivity contribution in [2.24, 2.45) is 5.10 Å². The minimum atomic E-state index is -0.0748. The van der Waals surface area contributed by atoms with Gasteiger partial charge in [-0.05, 0) is 30.7 Å². The molecule has 0 saturated heterocycles. The first-order valence-electron chi connectivity index (χ1n) is 5.43. The highest BCUT2D eigenvalue weighted by Crippen LogP contribution is 2.17. The molecule has 4 nitrogen and oxygen atoms in total. The maximum atomic E-state index is 11.5. The van der Waals surface area contributed by atoms with Crippen LogP contribution in [-0.2, 0) is 4.79 Å². The lowest BCUT2D eigenvalue weighted by atomic mass is 10.3. The molecule has 0 fully saturated rings. The van der Waals surface area contributed by atoms with E-state index in [0.29, 0.717) is 11.6 Å². The third kappa shape index (κ3) is 4.44. The third-order valence-corrected chi connectivity index (χ3v) is 2.41. The molecule has 1 aromatic carbocycles. The van der Waals surface area contributed by atoms with E-state index in [1.165, 1.54) is 5.01 Å². The minimum absolute atomic E-state index is 0.0748. The van der Waals surface area contributed by atoms with Gasteiger partial charge >= 0.3 is 0 Å². The Kier molecular flexibility index (Phi) is 5.49. The van der Waals surface area contributed by atoms with Gasteiger partial charge < -0.3 is 5.32 Å². The smallest absolute Gasteiger partial charge is 0.241 e. The molecular weight excluding hydrogens is 238 g/mol. The van der Waals surface area contributed by atoms with E-state index in [2.05, 4.69) is 17.1 Å². The summed E-state index contributed by atoms with van der Waals surface area (Å²) in [5.74, 6) is -0.0748. The second kappa shape index (κ2) is 6.91. The van der Waals surface area contributed by atoms with Crippen LogP contribution in [0.5, 0.6) is 0 Å². The van der Waals surface area contributed by atoms with Gasteiger partial charge in [0.1, 0.15) is 6.54 Å². The Morgan fingerprint density at radius 2 is 2.12 bits per heavy atom. The molecule has 0 aromatic heterocycles. The number of nitrogens with one attached hydrogen (secondary N) is 1. The molecule has 5 heteroatoms. The molecule has 17 heavy (non-hydrogen) atoms. The maximum Gasteiger partial charge on any atom is 0.241 e. The number of hydrazone groups is 1. The van der Waals surface area contributed by atoms with Crippen LogP contribution in [0.3, 0.4) is 0 Å². The van der Waals surface area contributed by atoms with Gasteiger partial charge in [-0.3, -0.25) is 9.80 Å². The van der Waals surface area contributed by atoms with Crippen molar-refractivity contribution >= 4 is 29.9 Å². The summed E-state index contributed by atoms with van der Waals surface area (Å²) < 4.78 is 0. The Morgan fingerprint density at radius 1 is 1.47 bits per heavy atom. The summed E-state index contributed by atoms with van der Waals surface area (Å²) in [4.78, 5) is 11.5. The number of nitrogens with zero attached hydrogens (tertiary/aromatic N) is 2. The topological polar surface area (TPSA) is 44.7 Å². The van der Waals surface area contributed by atoms with Crippen LogP contribution in [0.25, 0.3) is 0 Å². The van der Waals surface area contributed by atoms with E-state index in [-0.39, 0.29) is 12.5 Å². The Balaban J connectivity index is 2.62. The molecule has 0 radical (unpaired) electrons. The second-order valence-electron chi connectivity index (χ2n) is 3.53. The van der Waals surface area contributed by atoms with Crippen molar-refractivity contribution in [3.8, 4) is 0 Å². The largest absolute Gasteiger partial charge is 0.355 e. The van der Waals surface area contributed by atoms with Crippen molar-refractivity contribution in [2.75, 3.05) is 18.1 Å². The SMILES string of the molecule is C=NN(CC(=O)NCCC)c1ccc(Cl)cc1. The van der Waals surface area contributed by atoms with Gasteiger partial charge in [0, 0.05) is 18.3 Å². The van der Waals surface area contributed by atoms with Gasteiger partial charge in [0.05, 0.1) is 5.69 Å². The standard InChI is InChI=1S/C12H16ClN3O/c1-3-8-15-12(17)9-16(14-2)11-6-4-10(13)5-7-11/h4-7H,2-3,8-9H2,1H3,(H,15,17). The van der Waals surface area contributed by atoms with E-state index in [9.17, 15) is 4.79 Å². The van der Waals surface area contributed by atoms with Gasteiger partial charge in [-0.1, -0.05) is 18.5 Å². The first-order chi connectivity index (χ1) is 8.17. The summed E-state index contributed by atoms with van der Waals surface area (Å²) in [6.45, 7) is 6.29.